The van der Waals surface area contributed by atoms with E-state index < -0.39 is 5.54 Å². The molecule has 0 aliphatic carbocycles. The minimum atomic E-state index is -0.409. The summed E-state index contributed by atoms with van der Waals surface area (Å²) in [6.45, 7) is 12.5. The van der Waals surface area contributed by atoms with Crippen LogP contribution in [-0.2, 0) is 4.79 Å². The summed E-state index contributed by atoms with van der Waals surface area (Å²) >= 11 is 0. The molecule has 2 heteroatoms. The number of nitrogens with one attached hydrogen (secondary N) is 1. The zero-order valence-electron chi connectivity index (χ0n) is 9.89. The van der Waals surface area contributed by atoms with E-state index in [0.717, 1.165) is 19.4 Å². The van der Waals surface area contributed by atoms with Crippen LogP contribution in [-0.4, -0.2) is 17.9 Å². The largest absolute Gasteiger partial charge is 0.302 e. The molecule has 1 atom stereocenters. The van der Waals surface area contributed by atoms with Crippen LogP contribution in [0.4, 0.5) is 0 Å². The summed E-state index contributed by atoms with van der Waals surface area (Å²) < 4.78 is 0. The van der Waals surface area contributed by atoms with Gasteiger partial charge in [0.15, 0.2) is 5.78 Å². The highest BCUT2D eigenvalue weighted by molar-refractivity contribution is 5.92. The van der Waals surface area contributed by atoms with E-state index >= 15 is 0 Å². The van der Waals surface area contributed by atoms with Crippen molar-refractivity contribution in [2.45, 2.75) is 46.1 Å². The monoisotopic (exact) mass is 197 g/mol. The van der Waals surface area contributed by atoms with E-state index in [1.54, 1.807) is 6.08 Å². The Hall–Kier alpha value is -0.630. The molecule has 0 saturated carbocycles. The summed E-state index contributed by atoms with van der Waals surface area (Å²) in [7, 11) is 0. The lowest BCUT2D eigenvalue weighted by Gasteiger charge is -2.25. The molecule has 0 spiro atoms. The van der Waals surface area contributed by atoms with Crippen LogP contribution < -0.4 is 5.32 Å². The van der Waals surface area contributed by atoms with Crippen LogP contribution in [0.2, 0.25) is 0 Å². The SMILES string of the molecule is C=C[C@@]1(C(=O)C(C)C)CCCN1.CC. The molecule has 0 aromatic rings. The Balaban J connectivity index is 0.000000791. The normalized spacial score (nSPS) is 25.5. The smallest absolute Gasteiger partial charge is 0.159 e. The Morgan fingerprint density at radius 1 is 1.50 bits per heavy atom. The van der Waals surface area contributed by atoms with E-state index in [9.17, 15) is 4.79 Å². The third-order valence-electron chi connectivity index (χ3n) is 2.50. The summed E-state index contributed by atoms with van der Waals surface area (Å²) in [6.07, 6.45) is 3.75. The van der Waals surface area contributed by atoms with Crippen molar-refractivity contribution in [3.8, 4) is 0 Å². The van der Waals surface area contributed by atoms with Crippen LogP contribution in [0, 0.1) is 5.92 Å². The molecule has 1 aliphatic rings. The first kappa shape index (κ1) is 13.4. The Labute approximate surface area is 87.8 Å². The van der Waals surface area contributed by atoms with E-state index in [-0.39, 0.29) is 11.7 Å². The minimum absolute atomic E-state index is 0.0913. The van der Waals surface area contributed by atoms with Crippen LogP contribution in [0.15, 0.2) is 12.7 Å². The number of rotatable bonds is 3. The number of Topliss-reactive ketones (excluding diaryl/α,β-unsaturated/α-hetero) is 1. The molecule has 1 saturated heterocycles. The Kier molecular flexibility index (Phi) is 5.70. The van der Waals surface area contributed by atoms with Gasteiger partial charge in [0, 0.05) is 5.92 Å². The molecular formula is C12H23NO. The van der Waals surface area contributed by atoms with Gasteiger partial charge in [-0.05, 0) is 19.4 Å². The predicted molar refractivity (Wildman–Crippen MR) is 61.4 cm³/mol. The highest BCUT2D eigenvalue weighted by Crippen LogP contribution is 2.24. The van der Waals surface area contributed by atoms with E-state index in [2.05, 4.69) is 11.9 Å². The highest BCUT2D eigenvalue weighted by atomic mass is 16.1. The maximum absolute atomic E-state index is 11.8. The molecule has 0 radical (unpaired) electrons. The molecule has 82 valence electrons. The topological polar surface area (TPSA) is 29.1 Å². The number of carbonyl (C=O) groups excluding carboxylic acids is 1. The zero-order valence-corrected chi connectivity index (χ0v) is 9.89. The summed E-state index contributed by atoms with van der Waals surface area (Å²) in [4.78, 5) is 11.8. The van der Waals surface area contributed by atoms with Crippen molar-refractivity contribution < 1.29 is 4.79 Å². The molecule has 1 aliphatic heterocycles. The Morgan fingerprint density at radius 2 is 2.07 bits per heavy atom. The van der Waals surface area contributed by atoms with Gasteiger partial charge in [-0.15, -0.1) is 6.58 Å². The Bertz CT molecular complexity index is 190. The third kappa shape index (κ3) is 2.68. The predicted octanol–water partition coefficient (Wildman–Crippen LogP) is 2.55. The van der Waals surface area contributed by atoms with Gasteiger partial charge < -0.3 is 5.32 Å². The average molecular weight is 197 g/mol. The van der Waals surface area contributed by atoms with Crippen molar-refractivity contribution >= 4 is 5.78 Å². The zero-order chi connectivity index (χ0) is 11.2. The molecule has 14 heavy (non-hydrogen) atoms. The molecule has 1 rings (SSSR count). The van der Waals surface area contributed by atoms with Gasteiger partial charge in [0.05, 0.1) is 5.54 Å². The van der Waals surface area contributed by atoms with Crippen LogP contribution in [0.5, 0.6) is 0 Å². The summed E-state index contributed by atoms with van der Waals surface area (Å²) in [6, 6.07) is 0. The fourth-order valence-electron chi connectivity index (χ4n) is 1.77. The van der Waals surface area contributed by atoms with E-state index in [1.807, 2.05) is 27.7 Å². The van der Waals surface area contributed by atoms with Crippen LogP contribution >= 0.6 is 0 Å². The highest BCUT2D eigenvalue weighted by Gasteiger charge is 2.38. The fourth-order valence-corrected chi connectivity index (χ4v) is 1.77. The second-order valence-electron chi connectivity index (χ2n) is 3.72. The molecule has 0 bridgehead atoms. The maximum atomic E-state index is 11.8. The van der Waals surface area contributed by atoms with Gasteiger partial charge in [-0.1, -0.05) is 33.8 Å². The van der Waals surface area contributed by atoms with Gasteiger partial charge in [-0.25, -0.2) is 0 Å². The molecule has 1 heterocycles. The molecule has 0 unspecified atom stereocenters. The first-order chi connectivity index (χ1) is 6.62. The second kappa shape index (κ2) is 5.97. The van der Waals surface area contributed by atoms with Crippen LogP contribution in [0.1, 0.15) is 40.5 Å². The third-order valence-corrected chi connectivity index (χ3v) is 2.50. The minimum Gasteiger partial charge on any atom is -0.302 e. The summed E-state index contributed by atoms with van der Waals surface area (Å²) in [5.74, 6) is 0.364. The van der Waals surface area contributed by atoms with Gasteiger partial charge in [0.2, 0.25) is 0 Å². The van der Waals surface area contributed by atoms with E-state index in [4.69, 9.17) is 0 Å². The maximum Gasteiger partial charge on any atom is 0.159 e. The van der Waals surface area contributed by atoms with Crippen molar-refractivity contribution in [1.29, 1.82) is 0 Å². The molecule has 0 aromatic carbocycles. The lowest BCUT2D eigenvalue weighted by atomic mass is 9.86. The van der Waals surface area contributed by atoms with Crippen LogP contribution in [0.3, 0.4) is 0 Å². The number of ketones is 1. The first-order valence-electron chi connectivity index (χ1n) is 5.55. The van der Waals surface area contributed by atoms with Crippen molar-refractivity contribution in [3.05, 3.63) is 12.7 Å². The number of hydrogen-bond acceptors (Lipinski definition) is 2. The number of hydrogen-bond donors (Lipinski definition) is 1. The van der Waals surface area contributed by atoms with Gasteiger partial charge in [0.25, 0.3) is 0 Å². The summed E-state index contributed by atoms with van der Waals surface area (Å²) in [5.41, 5.74) is -0.409. The Morgan fingerprint density at radius 3 is 2.36 bits per heavy atom. The fraction of sp³-hybridized carbons (Fsp3) is 0.750. The van der Waals surface area contributed by atoms with Gasteiger partial charge in [0.1, 0.15) is 0 Å². The van der Waals surface area contributed by atoms with Crippen molar-refractivity contribution in [1.82, 2.24) is 5.32 Å². The molecule has 1 N–H and O–H groups in total. The van der Waals surface area contributed by atoms with Gasteiger partial charge in [-0.2, -0.15) is 0 Å². The van der Waals surface area contributed by atoms with E-state index in [1.165, 1.54) is 0 Å². The van der Waals surface area contributed by atoms with Crippen LogP contribution in [0.25, 0.3) is 0 Å². The lowest BCUT2D eigenvalue weighted by Crippen LogP contribution is -2.47. The second-order valence-corrected chi connectivity index (χ2v) is 3.72. The van der Waals surface area contributed by atoms with E-state index in [0.29, 0.717) is 0 Å². The first-order valence-corrected chi connectivity index (χ1v) is 5.55. The van der Waals surface area contributed by atoms with Gasteiger partial charge in [-0.3, -0.25) is 4.79 Å². The quantitative estimate of drug-likeness (QED) is 0.704. The standard InChI is InChI=1S/C10H17NO.C2H6/c1-4-10(6-5-7-11-10)9(12)8(2)3;1-2/h4,8,11H,1,5-7H2,2-3H3;1-2H3/t10-;/m0./s1. The average Bonchev–Trinajstić information content (AvgIpc) is 2.69. The van der Waals surface area contributed by atoms with Crippen molar-refractivity contribution in [2.24, 2.45) is 5.92 Å². The molecular weight excluding hydrogens is 174 g/mol. The summed E-state index contributed by atoms with van der Waals surface area (Å²) in [5, 5.41) is 3.23. The number of carbonyl (C=O) groups is 1. The lowest BCUT2D eigenvalue weighted by molar-refractivity contribution is -0.126. The van der Waals surface area contributed by atoms with Crippen molar-refractivity contribution in [3.63, 3.8) is 0 Å². The molecule has 0 amide bonds. The van der Waals surface area contributed by atoms with Crippen molar-refractivity contribution in [2.75, 3.05) is 6.54 Å². The molecule has 1 fully saturated rings. The molecule has 2 nitrogen and oxygen atoms in total. The van der Waals surface area contributed by atoms with Gasteiger partial charge >= 0.3 is 0 Å². The molecule has 0 aromatic heterocycles.